The van der Waals surface area contributed by atoms with Crippen LogP contribution in [-0.4, -0.2) is 15.9 Å². The van der Waals surface area contributed by atoms with Crippen molar-refractivity contribution in [2.75, 3.05) is 5.73 Å². The van der Waals surface area contributed by atoms with E-state index in [0.717, 1.165) is 6.42 Å². The van der Waals surface area contributed by atoms with Crippen LogP contribution in [-0.2, 0) is 11.5 Å². The highest BCUT2D eigenvalue weighted by Crippen LogP contribution is 2.01. The van der Waals surface area contributed by atoms with Crippen LogP contribution in [0.4, 0.5) is 5.69 Å². The Morgan fingerprint density at radius 3 is 3.00 bits per heavy atom. The number of nitrogens with two attached hydrogens (primary N) is 1. The lowest BCUT2D eigenvalue weighted by Gasteiger charge is -2.09. The third-order valence-electron chi connectivity index (χ3n) is 1.72. The van der Waals surface area contributed by atoms with Crippen molar-refractivity contribution in [2.24, 2.45) is 0 Å². The second kappa shape index (κ2) is 4.11. The van der Waals surface area contributed by atoms with Gasteiger partial charge in [-0.15, -0.1) is 0 Å². The van der Waals surface area contributed by atoms with Crippen molar-refractivity contribution in [3.8, 4) is 0 Å². The Morgan fingerprint density at radius 2 is 2.50 bits per heavy atom. The van der Waals surface area contributed by atoms with E-state index < -0.39 is 0 Å². The summed E-state index contributed by atoms with van der Waals surface area (Å²) in [6, 6.07) is 0. The Hall–Kier alpha value is -1.03. The summed E-state index contributed by atoms with van der Waals surface area (Å²) < 4.78 is 7.12. The molecule has 1 aromatic rings. The molecule has 0 fully saturated rings. The summed E-state index contributed by atoms with van der Waals surface area (Å²) in [6.45, 7) is 4.60. The molecule has 4 nitrogen and oxygen atoms in total. The molecule has 0 aromatic carbocycles. The Labute approximate surface area is 72.3 Å². The van der Waals surface area contributed by atoms with E-state index in [1.165, 1.54) is 0 Å². The number of anilines is 1. The Kier molecular flexibility index (Phi) is 3.10. The summed E-state index contributed by atoms with van der Waals surface area (Å²) in [5, 5.41) is 3.99. The van der Waals surface area contributed by atoms with Crippen molar-refractivity contribution in [2.45, 2.75) is 33.1 Å². The first-order valence-corrected chi connectivity index (χ1v) is 4.12. The van der Waals surface area contributed by atoms with Crippen molar-refractivity contribution < 1.29 is 4.74 Å². The quantitative estimate of drug-likeness (QED) is 0.737. The van der Waals surface area contributed by atoms with Crippen molar-refractivity contribution in [3.63, 3.8) is 0 Å². The van der Waals surface area contributed by atoms with E-state index >= 15 is 0 Å². The third kappa shape index (κ3) is 2.54. The van der Waals surface area contributed by atoms with E-state index in [4.69, 9.17) is 10.5 Å². The predicted octanol–water partition coefficient (Wildman–Crippen LogP) is 1.24. The Morgan fingerprint density at radius 1 is 1.75 bits per heavy atom. The fraction of sp³-hybridized carbons (Fsp3) is 0.625. The molecule has 12 heavy (non-hydrogen) atoms. The minimum absolute atomic E-state index is 0.274. The molecule has 0 saturated heterocycles. The van der Waals surface area contributed by atoms with Crippen LogP contribution in [0.3, 0.4) is 0 Å². The van der Waals surface area contributed by atoms with Gasteiger partial charge in [-0.2, -0.15) is 5.10 Å². The fourth-order valence-corrected chi connectivity index (χ4v) is 0.772. The van der Waals surface area contributed by atoms with Crippen molar-refractivity contribution in [1.29, 1.82) is 0 Å². The maximum Gasteiger partial charge on any atom is 0.139 e. The zero-order valence-electron chi connectivity index (χ0n) is 7.53. The predicted molar refractivity (Wildman–Crippen MR) is 47.5 cm³/mol. The lowest BCUT2D eigenvalue weighted by molar-refractivity contribution is 0.00990. The van der Waals surface area contributed by atoms with Gasteiger partial charge in [0.15, 0.2) is 0 Å². The Balaban J connectivity index is 2.33. The molecule has 2 N–H and O–H groups in total. The van der Waals surface area contributed by atoms with Crippen molar-refractivity contribution in [1.82, 2.24) is 9.78 Å². The molecule has 1 atom stereocenters. The molecule has 0 aliphatic carbocycles. The zero-order chi connectivity index (χ0) is 8.97. The topological polar surface area (TPSA) is 53.1 Å². The second-order valence-electron chi connectivity index (χ2n) is 2.83. The number of nitrogen functional groups attached to an aromatic ring is 1. The van der Waals surface area contributed by atoms with E-state index in [0.29, 0.717) is 12.4 Å². The second-order valence-corrected chi connectivity index (χ2v) is 2.83. The molecule has 0 radical (unpaired) electrons. The van der Waals surface area contributed by atoms with Gasteiger partial charge in [-0.25, -0.2) is 4.68 Å². The molecule has 0 bridgehead atoms. The van der Waals surface area contributed by atoms with E-state index in [-0.39, 0.29) is 6.10 Å². The highest BCUT2D eigenvalue weighted by atomic mass is 16.5. The number of ether oxygens (including phenoxy) is 1. The molecule has 1 aromatic heterocycles. The van der Waals surface area contributed by atoms with Gasteiger partial charge in [-0.1, -0.05) is 6.92 Å². The van der Waals surface area contributed by atoms with Gasteiger partial charge in [0, 0.05) is 0 Å². The summed E-state index contributed by atoms with van der Waals surface area (Å²) in [5.41, 5.74) is 6.15. The van der Waals surface area contributed by atoms with E-state index in [9.17, 15) is 0 Å². The maximum absolute atomic E-state index is 5.48. The number of hydrogen-bond donors (Lipinski definition) is 1. The molecule has 1 unspecified atom stereocenters. The molecular formula is C8H15N3O. The molecule has 0 saturated carbocycles. The van der Waals surface area contributed by atoms with Crippen LogP contribution in [0.5, 0.6) is 0 Å². The SMILES string of the molecule is CCC(C)OCn1cc(N)cn1. The third-order valence-corrected chi connectivity index (χ3v) is 1.72. The van der Waals surface area contributed by atoms with Crippen LogP contribution < -0.4 is 5.73 Å². The van der Waals surface area contributed by atoms with E-state index in [1.807, 2.05) is 6.92 Å². The first-order chi connectivity index (χ1) is 5.72. The largest absolute Gasteiger partial charge is 0.396 e. The first-order valence-electron chi connectivity index (χ1n) is 4.12. The summed E-state index contributed by atoms with van der Waals surface area (Å²) in [4.78, 5) is 0. The monoisotopic (exact) mass is 169 g/mol. The smallest absolute Gasteiger partial charge is 0.139 e. The van der Waals surface area contributed by atoms with Gasteiger partial charge < -0.3 is 10.5 Å². The van der Waals surface area contributed by atoms with Crippen LogP contribution >= 0.6 is 0 Å². The highest BCUT2D eigenvalue weighted by molar-refractivity contribution is 5.30. The minimum Gasteiger partial charge on any atom is -0.396 e. The molecule has 68 valence electrons. The van der Waals surface area contributed by atoms with Gasteiger partial charge in [0.25, 0.3) is 0 Å². The highest BCUT2D eigenvalue weighted by Gasteiger charge is 1.98. The van der Waals surface area contributed by atoms with Crippen LogP contribution in [0.1, 0.15) is 20.3 Å². The van der Waals surface area contributed by atoms with Crippen molar-refractivity contribution >= 4 is 5.69 Å². The molecule has 0 aliphatic rings. The number of nitrogens with zero attached hydrogens (tertiary/aromatic N) is 2. The lowest BCUT2D eigenvalue weighted by Crippen LogP contribution is -2.10. The average Bonchev–Trinajstić information content (AvgIpc) is 2.47. The van der Waals surface area contributed by atoms with Gasteiger partial charge in [0.05, 0.1) is 24.2 Å². The molecule has 1 rings (SSSR count). The molecule has 4 heteroatoms. The first kappa shape index (κ1) is 9.06. The molecule has 0 aliphatic heterocycles. The van der Waals surface area contributed by atoms with Gasteiger partial charge in [-0.05, 0) is 13.3 Å². The Bertz CT molecular complexity index is 234. The van der Waals surface area contributed by atoms with Gasteiger partial charge in [0.1, 0.15) is 6.73 Å². The summed E-state index contributed by atoms with van der Waals surface area (Å²) >= 11 is 0. The lowest BCUT2D eigenvalue weighted by atomic mass is 10.3. The average molecular weight is 169 g/mol. The summed E-state index contributed by atoms with van der Waals surface area (Å²) in [7, 11) is 0. The van der Waals surface area contributed by atoms with Gasteiger partial charge >= 0.3 is 0 Å². The molecule has 1 heterocycles. The maximum atomic E-state index is 5.48. The van der Waals surface area contributed by atoms with Crippen LogP contribution in [0, 0.1) is 0 Å². The molecule has 0 spiro atoms. The summed E-state index contributed by atoms with van der Waals surface area (Å²) in [6.07, 6.45) is 4.65. The van der Waals surface area contributed by atoms with Crippen molar-refractivity contribution in [3.05, 3.63) is 12.4 Å². The number of hydrogen-bond acceptors (Lipinski definition) is 3. The minimum atomic E-state index is 0.274. The normalized spacial score (nSPS) is 13.2. The summed E-state index contributed by atoms with van der Waals surface area (Å²) in [5.74, 6) is 0. The van der Waals surface area contributed by atoms with E-state index in [1.54, 1.807) is 17.1 Å². The standard InChI is InChI=1S/C8H15N3O/c1-3-7(2)12-6-11-5-8(9)4-10-11/h4-5,7H,3,6,9H2,1-2H3. The van der Waals surface area contributed by atoms with Gasteiger partial charge in [0.2, 0.25) is 0 Å². The number of aromatic nitrogens is 2. The van der Waals surface area contributed by atoms with E-state index in [2.05, 4.69) is 12.0 Å². The zero-order valence-corrected chi connectivity index (χ0v) is 7.53. The van der Waals surface area contributed by atoms with Crippen LogP contribution in [0.15, 0.2) is 12.4 Å². The molecule has 0 amide bonds. The number of rotatable bonds is 4. The fourth-order valence-electron chi connectivity index (χ4n) is 0.772. The van der Waals surface area contributed by atoms with Crippen LogP contribution in [0.2, 0.25) is 0 Å². The molecular weight excluding hydrogens is 154 g/mol. The van der Waals surface area contributed by atoms with Gasteiger partial charge in [-0.3, -0.25) is 0 Å². The van der Waals surface area contributed by atoms with Crippen LogP contribution in [0.25, 0.3) is 0 Å².